The van der Waals surface area contributed by atoms with E-state index < -0.39 is 5.60 Å². The molecule has 27 heavy (non-hydrogen) atoms. The van der Waals surface area contributed by atoms with Crippen molar-refractivity contribution in [1.29, 1.82) is 0 Å². The summed E-state index contributed by atoms with van der Waals surface area (Å²) in [5, 5.41) is 14.5. The Morgan fingerprint density at radius 3 is 2.67 bits per heavy atom. The van der Waals surface area contributed by atoms with E-state index >= 15 is 0 Å². The molecule has 0 unspecified atom stereocenters. The summed E-state index contributed by atoms with van der Waals surface area (Å²) in [4.78, 5) is 13.0. The molecule has 6 heteroatoms. The number of carbonyl (C=O) groups is 1. The molecular weight excluding hydrogens is 408 g/mol. The molecule has 2 fully saturated rings. The van der Waals surface area contributed by atoms with Crippen LogP contribution >= 0.6 is 15.9 Å². The number of halogens is 1. The smallest absolute Gasteiger partial charge is 0.253 e. The van der Waals surface area contributed by atoms with Crippen LogP contribution in [0.4, 0.5) is 0 Å². The van der Waals surface area contributed by atoms with E-state index in [0.29, 0.717) is 31.2 Å². The maximum Gasteiger partial charge on any atom is 0.253 e. The van der Waals surface area contributed by atoms with Crippen LogP contribution in [0.15, 0.2) is 28.9 Å². The van der Waals surface area contributed by atoms with Gasteiger partial charge in [-0.25, -0.2) is 0 Å². The van der Waals surface area contributed by atoms with Gasteiger partial charge in [0.25, 0.3) is 5.91 Å². The fourth-order valence-corrected chi connectivity index (χ4v) is 4.83. The van der Waals surface area contributed by atoms with E-state index in [0.717, 1.165) is 21.9 Å². The van der Waals surface area contributed by atoms with E-state index in [4.69, 9.17) is 4.74 Å². The molecule has 0 bridgehead atoms. The summed E-state index contributed by atoms with van der Waals surface area (Å²) in [6.45, 7) is 1.84. The fraction of sp³-hybridized carbons (Fsp3) is 0.571. The first-order valence-electron chi connectivity index (χ1n) is 9.91. The average molecular weight is 435 g/mol. The summed E-state index contributed by atoms with van der Waals surface area (Å²) < 4.78 is 8.04. The molecule has 2 aliphatic rings. The monoisotopic (exact) mass is 434 g/mol. The normalized spacial score (nSPS) is 20.2. The summed E-state index contributed by atoms with van der Waals surface area (Å²) in [7, 11) is 0. The van der Waals surface area contributed by atoms with Crippen molar-refractivity contribution in [2.45, 2.75) is 50.7 Å². The first-order valence-corrected chi connectivity index (χ1v) is 10.7. The van der Waals surface area contributed by atoms with E-state index in [9.17, 15) is 9.90 Å². The SMILES string of the molecule is O=C(NCC1CCCCCC1)c1cn(CC2(O)COC2)c2cccc(Br)c12. The lowest BCUT2D eigenvalue weighted by Crippen LogP contribution is -2.52. The number of ether oxygens (including phenoxy) is 1. The number of rotatable bonds is 5. The van der Waals surface area contributed by atoms with Crippen molar-refractivity contribution in [3.63, 3.8) is 0 Å². The molecule has 1 saturated carbocycles. The van der Waals surface area contributed by atoms with Gasteiger partial charge in [-0.15, -0.1) is 0 Å². The van der Waals surface area contributed by atoms with Gasteiger partial charge in [0.2, 0.25) is 0 Å². The largest absolute Gasteiger partial charge is 0.383 e. The lowest BCUT2D eigenvalue weighted by atomic mass is 10.0. The first-order chi connectivity index (χ1) is 13.1. The Morgan fingerprint density at radius 1 is 1.26 bits per heavy atom. The number of aromatic nitrogens is 1. The van der Waals surface area contributed by atoms with Crippen LogP contribution in [0.25, 0.3) is 10.9 Å². The molecule has 0 radical (unpaired) electrons. The van der Waals surface area contributed by atoms with Gasteiger partial charge >= 0.3 is 0 Å². The summed E-state index contributed by atoms with van der Waals surface area (Å²) in [5.41, 5.74) is 0.766. The number of benzene rings is 1. The molecule has 5 nitrogen and oxygen atoms in total. The molecule has 146 valence electrons. The van der Waals surface area contributed by atoms with Crippen LogP contribution in [0, 0.1) is 5.92 Å². The predicted octanol–water partition coefficient (Wildman–Crippen LogP) is 3.87. The topological polar surface area (TPSA) is 63.5 Å². The molecule has 0 atom stereocenters. The van der Waals surface area contributed by atoms with Gasteiger partial charge in [0.15, 0.2) is 0 Å². The minimum absolute atomic E-state index is 0.0354. The van der Waals surface area contributed by atoms with E-state index in [1.807, 2.05) is 29.0 Å². The minimum atomic E-state index is -0.845. The van der Waals surface area contributed by atoms with Crippen molar-refractivity contribution in [2.24, 2.45) is 5.92 Å². The predicted molar refractivity (Wildman–Crippen MR) is 109 cm³/mol. The summed E-state index contributed by atoms with van der Waals surface area (Å²) in [6, 6.07) is 5.90. The minimum Gasteiger partial charge on any atom is -0.383 e. The van der Waals surface area contributed by atoms with Gasteiger partial charge < -0.3 is 19.7 Å². The summed E-state index contributed by atoms with van der Waals surface area (Å²) >= 11 is 3.60. The van der Waals surface area contributed by atoms with Crippen LogP contribution in [0.5, 0.6) is 0 Å². The van der Waals surface area contributed by atoms with E-state index in [-0.39, 0.29) is 5.91 Å². The molecule has 0 spiro atoms. The van der Waals surface area contributed by atoms with Crippen LogP contribution in [-0.2, 0) is 11.3 Å². The van der Waals surface area contributed by atoms with Crippen LogP contribution in [0.3, 0.4) is 0 Å². The Kier molecular flexibility index (Phi) is 5.58. The molecule has 4 rings (SSSR count). The van der Waals surface area contributed by atoms with E-state index in [1.54, 1.807) is 0 Å². The lowest BCUT2D eigenvalue weighted by molar-refractivity contribution is -0.184. The van der Waals surface area contributed by atoms with Gasteiger partial charge in [0.05, 0.1) is 30.8 Å². The lowest BCUT2D eigenvalue weighted by Gasteiger charge is -2.36. The van der Waals surface area contributed by atoms with E-state index in [1.165, 1.54) is 38.5 Å². The zero-order valence-corrected chi connectivity index (χ0v) is 17.1. The second kappa shape index (κ2) is 7.94. The first kappa shape index (κ1) is 19.0. The standard InChI is InChI=1S/C21H27BrN2O3/c22-17-8-5-9-18-19(17)16(11-24(18)12-21(26)13-27-14-21)20(25)23-10-15-6-3-1-2-4-7-15/h5,8-9,11,15,26H,1-4,6-7,10,12-14H2,(H,23,25). The van der Waals surface area contributed by atoms with Gasteiger partial charge in [0.1, 0.15) is 5.60 Å². The number of carbonyl (C=O) groups excluding carboxylic acids is 1. The maximum atomic E-state index is 13.0. The van der Waals surface area contributed by atoms with Crippen LogP contribution in [0.2, 0.25) is 0 Å². The van der Waals surface area contributed by atoms with Crippen LogP contribution < -0.4 is 5.32 Å². The van der Waals surface area contributed by atoms with Crippen molar-refractivity contribution >= 4 is 32.7 Å². The Bertz CT molecular complexity index is 820. The highest BCUT2D eigenvalue weighted by molar-refractivity contribution is 9.10. The molecule has 2 N–H and O–H groups in total. The molecule has 1 aromatic heterocycles. The van der Waals surface area contributed by atoms with Crippen molar-refractivity contribution in [2.75, 3.05) is 19.8 Å². The Morgan fingerprint density at radius 2 is 2.00 bits per heavy atom. The number of aliphatic hydroxyl groups is 1. The van der Waals surface area contributed by atoms with Crippen molar-refractivity contribution < 1.29 is 14.6 Å². The second-order valence-corrected chi connectivity index (χ2v) is 8.94. The molecule has 1 amide bonds. The zero-order chi connectivity index (χ0) is 18.9. The molecular formula is C21H27BrN2O3. The molecule has 1 saturated heterocycles. The zero-order valence-electron chi connectivity index (χ0n) is 15.5. The number of hydrogen-bond donors (Lipinski definition) is 2. The van der Waals surface area contributed by atoms with Crippen LogP contribution in [-0.4, -0.2) is 40.9 Å². The number of nitrogens with zero attached hydrogens (tertiary/aromatic N) is 1. The molecule has 2 aromatic rings. The Balaban J connectivity index is 1.55. The van der Waals surface area contributed by atoms with Crippen molar-refractivity contribution in [1.82, 2.24) is 9.88 Å². The third-order valence-corrected chi connectivity index (χ3v) is 6.49. The summed E-state index contributed by atoms with van der Waals surface area (Å²) in [5.74, 6) is 0.549. The number of nitrogens with one attached hydrogen (secondary N) is 1. The highest BCUT2D eigenvalue weighted by Crippen LogP contribution is 2.31. The number of fused-ring (bicyclic) bond motifs is 1. The van der Waals surface area contributed by atoms with E-state index in [2.05, 4.69) is 21.2 Å². The number of hydrogen-bond acceptors (Lipinski definition) is 3. The molecule has 2 heterocycles. The van der Waals surface area contributed by atoms with Crippen molar-refractivity contribution in [3.05, 3.63) is 34.4 Å². The van der Waals surface area contributed by atoms with Crippen molar-refractivity contribution in [3.8, 4) is 0 Å². The van der Waals surface area contributed by atoms with Gasteiger partial charge in [-0.05, 0) is 30.9 Å². The maximum absolute atomic E-state index is 13.0. The summed E-state index contributed by atoms with van der Waals surface area (Å²) in [6.07, 6.45) is 9.46. The van der Waals surface area contributed by atoms with Gasteiger partial charge in [0, 0.05) is 22.6 Å². The highest BCUT2D eigenvalue weighted by atomic mass is 79.9. The fourth-order valence-electron chi connectivity index (χ4n) is 4.26. The second-order valence-electron chi connectivity index (χ2n) is 8.09. The van der Waals surface area contributed by atoms with Gasteiger partial charge in [-0.2, -0.15) is 0 Å². The van der Waals surface area contributed by atoms with Gasteiger partial charge in [-0.3, -0.25) is 4.79 Å². The Hall–Kier alpha value is -1.37. The van der Waals surface area contributed by atoms with Gasteiger partial charge in [-0.1, -0.05) is 47.7 Å². The highest BCUT2D eigenvalue weighted by Gasteiger charge is 2.37. The quantitative estimate of drug-likeness (QED) is 0.702. The Labute approximate surface area is 168 Å². The van der Waals surface area contributed by atoms with Crippen LogP contribution in [0.1, 0.15) is 48.9 Å². The molecule has 1 aliphatic heterocycles. The third-order valence-electron chi connectivity index (χ3n) is 5.83. The molecule has 1 aliphatic carbocycles. The average Bonchev–Trinajstić information content (AvgIpc) is 2.81. The third kappa shape index (κ3) is 4.08. The number of amides is 1. The molecule has 1 aromatic carbocycles.